The molecule has 20 heavy (non-hydrogen) atoms. The molecule has 3 nitrogen and oxygen atoms in total. The van der Waals surface area contributed by atoms with E-state index >= 15 is 0 Å². The molecule has 0 saturated carbocycles. The van der Waals surface area contributed by atoms with Crippen LogP contribution in [0.25, 0.3) is 0 Å². The summed E-state index contributed by atoms with van der Waals surface area (Å²) >= 11 is 4.04. The molecular formula is C16H27NO2S. The molecule has 0 aromatic rings. The summed E-state index contributed by atoms with van der Waals surface area (Å²) in [5.74, 6) is 0.0792. The molecule has 0 aliphatic carbocycles. The lowest BCUT2D eigenvalue weighted by Crippen LogP contribution is -2.36. The van der Waals surface area contributed by atoms with Crippen molar-refractivity contribution in [1.82, 2.24) is 4.90 Å². The summed E-state index contributed by atoms with van der Waals surface area (Å²) in [5, 5.41) is 0. The second-order valence-electron chi connectivity index (χ2n) is 4.77. The summed E-state index contributed by atoms with van der Waals surface area (Å²) in [6, 6.07) is 0. The average molecular weight is 297 g/mol. The monoisotopic (exact) mass is 297 g/mol. The zero-order valence-electron chi connectivity index (χ0n) is 12.7. The van der Waals surface area contributed by atoms with E-state index in [0.717, 1.165) is 6.42 Å². The number of imide groups is 1. The van der Waals surface area contributed by atoms with Gasteiger partial charge in [0.15, 0.2) is 0 Å². The lowest BCUT2D eigenvalue weighted by Gasteiger charge is -2.16. The molecule has 0 unspecified atom stereocenters. The summed E-state index contributed by atoms with van der Waals surface area (Å²) in [4.78, 5) is 24.3. The zero-order chi connectivity index (χ0) is 15.2. The Balaban J connectivity index is 3.91. The van der Waals surface area contributed by atoms with Gasteiger partial charge in [-0.15, -0.1) is 5.73 Å². The number of amides is 2. The Bertz CT molecular complexity index is 346. The first-order valence-electron chi connectivity index (χ1n) is 7.44. The third-order valence-electron chi connectivity index (χ3n) is 2.97. The number of carbonyl (C=O) groups is 2. The molecule has 0 rings (SSSR count). The second-order valence-corrected chi connectivity index (χ2v) is 5.22. The van der Waals surface area contributed by atoms with Crippen LogP contribution in [0.1, 0.15) is 58.8 Å². The van der Waals surface area contributed by atoms with Crippen LogP contribution < -0.4 is 0 Å². The highest BCUT2D eigenvalue weighted by Crippen LogP contribution is 2.05. The predicted molar refractivity (Wildman–Crippen MR) is 86.9 cm³/mol. The Morgan fingerprint density at radius 1 is 1.15 bits per heavy atom. The number of carbonyl (C=O) groups excluding carboxylic acids is 2. The zero-order valence-corrected chi connectivity index (χ0v) is 13.6. The van der Waals surface area contributed by atoms with Gasteiger partial charge < -0.3 is 0 Å². The third kappa shape index (κ3) is 9.88. The highest BCUT2D eigenvalue weighted by Gasteiger charge is 2.14. The Morgan fingerprint density at radius 2 is 1.85 bits per heavy atom. The largest absolute Gasteiger partial charge is 0.282 e. The van der Waals surface area contributed by atoms with Gasteiger partial charge in [-0.1, -0.05) is 32.6 Å². The van der Waals surface area contributed by atoms with Gasteiger partial charge in [0.05, 0.1) is 6.42 Å². The smallest absolute Gasteiger partial charge is 0.233 e. The molecule has 0 fully saturated rings. The molecule has 0 N–H and O–H groups in total. The van der Waals surface area contributed by atoms with Gasteiger partial charge in [0.1, 0.15) is 0 Å². The van der Waals surface area contributed by atoms with E-state index in [1.54, 1.807) is 6.08 Å². The SMILES string of the molecule is CCCCCCCC=C=CCC(=O)N(CCS)C(C)=O. The van der Waals surface area contributed by atoms with E-state index in [2.05, 4.69) is 25.3 Å². The lowest BCUT2D eigenvalue weighted by molar-refractivity contribution is -0.142. The van der Waals surface area contributed by atoms with Gasteiger partial charge in [-0.05, 0) is 25.0 Å². The Hall–Kier alpha value is -0.990. The maximum absolute atomic E-state index is 11.8. The summed E-state index contributed by atoms with van der Waals surface area (Å²) in [6.07, 6.45) is 11.2. The van der Waals surface area contributed by atoms with Crippen LogP contribution in [0.15, 0.2) is 17.9 Å². The Labute approximate surface area is 128 Å². The fraction of sp³-hybridized carbons (Fsp3) is 0.688. The number of nitrogens with zero attached hydrogens (tertiary/aromatic N) is 1. The molecule has 2 amide bonds. The van der Waals surface area contributed by atoms with E-state index in [9.17, 15) is 9.59 Å². The maximum atomic E-state index is 11.8. The summed E-state index contributed by atoms with van der Waals surface area (Å²) in [5.41, 5.74) is 3.02. The minimum atomic E-state index is -0.225. The molecule has 0 spiro atoms. The highest BCUT2D eigenvalue weighted by atomic mass is 32.1. The fourth-order valence-electron chi connectivity index (χ4n) is 1.83. The van der Waals surface area contributed by atoms with Crippen molar-refractivity contribution in [3.8, 4) is 0 Å². The van der Waals surface area contributed by atoms with Crippen LogP contribution in [0.3, 0.4) is 0 Å². The minimum absolute atomic E-state index is 0.185. The van der Waals surface area contributed by atoms with E-state index in [-0.39, 0.29) is 18.2 Å². The fourth-order valence-corrected chi connectivity index (χ4v) is 2.03. The first-order chi connectivity index (χ1) is 9.63. The molecule has 0 aromatic carbocycles. The van der Waals surface area contributed by atoms with E-state index in [1.807, 2.05) is 6.08 Å². The molecule has 4 heteroatoms. The van der Waals surface area contributed by atoms with Crippen molar-refractivity contribution in [1.29, 1.82) is 0 Å². The van der Waals surface area contributed by atoms with Crippen LogP contribution in [-0.2, 0) is 9.59 Å². The van der Waals surface area contributed by atoms with Crippen molar-refractivity contribution in [2.24, 2.45) is 0 Å². The predicted octanol–water partition coefficient (Wildman–Crippen LogP) is 3.75. The van der Waals surface area contributed by atoms with Gasteiger partial charge in [-0.25, -0.2) is 0 Å². The van der Waals surface area contributed by atoms with Gasteiger partial charge in [-0.3, -0.25) is 14.5 Å². The van der Waals surface area contributed by atoms with E-state index < -0.39 is 0 Å². The van der Waals surface area contributed by atoms with Crippen LogP contribution in [0.2, 0.25) is 0 Å². The van der Waals surface area contributed by atoms with Crippen molar-refractivity contribution in [3.63, 3.8) is 0 Å². The molecule has 0 aromatic heterocycles. The van der Waals surface area contributed by atoms with Crippen LogP contribution in [-0.4, -0.2) is 29.0 Å². The average Bonchev–Trinajstić information content (AvgIpc) is 2.42. The Morgan fingerprint density at radius 3 is 2.45 bits per heavy atom. The Kier molecular flexibility index (Phi) is 12.4. The van der Waals surface area contributed by atoms with Crippen molar-refractivity contribution in [3.05, 3.63) is 17.9 Å². The lowest BCUT2D eigenvalue weighted by atomic mass is 10.1. The summed E-state index contributed by atoms with van der Waals surface area (Å²) in [6.45, 7) is 3.97. The highest BCUT2D eigenvalue weighted by molar-refractivity contribution is 7.80. The molecule has 0 bridgehead atoms. The molecule has 114 valence electrons. The van der Waals surface area contributed by atoms with Crippen LogP contribution in [0.4, 0.5) is 0 Å². The molecule has 0 aliphatic heterocycles. The van der Waals surface area contributed by atoms with E-state index in [4.69, 9.17) is 0 Å². The maximum Gasteiger partial charge on any atom is 0.233 e. The van der Waals surface area contributed by atoms with Crippen LogP contribution >= 0.6 is 12.6 Å². The first kappa shape index (κ1) is 19.0. The normalized spacial score (nSPS) is 9.75. The first-order valence-corrected chi connectivity index (χ1v) is 8.07. The van der Waals surface area contributed by atoms with Crippen molar-refractivity contribution >= 4 is 24.4 Å². The molecule has 0 radical (unpaired) electrons. The van der Waals surface area contributed by atoms with Crippen molar-refractivity contribution in [2.45, 2.75) is 58.8 Å². The van der Waals surface area contributed by atoms with Crippen molar-refractivity contribution < 1.29 is 9.59 Å². The number of rotatable bonds is 10. The molecule has 0 aliphatic rings. The summed E-state index contributed by atoms with van der Waals surface area (Å²) in [7, 11) is 0. The minimum Gasteiger partial charge on any atom is -0.282 e. The summed E-state index contributed by atoms with van der Waals surface area (Å²) < 4.78 is 0. The van der Waals surface area contributed by atoms with Crippen LogP contribution in [0, 0.1) is 0 Å². The number of unbranched alkanes of at least 4 members (excludes halogenated alkanes) is 5. The van der Waals surface area contributed by atoms with Crippen molar-refractivity contribution in [2.75, 3.05) is 12.3 Å². The molecule has 0 heterocycles. The van der Waals surface area contributed by atoms with Gasteiger partial charge in [0.2, 0.25) is 11.8 Å². The third-order valence-corrected chi connectivity index (χ3v) is 3.17. The quantitative estimate of drug-likeness (QED) is 0.379. The van der Waals surface area contributed by atoms with Gasteiger partial charge in [-0.2, -0.15) is 12.6 Å². The molecular weight excluding hydrogens is 270 g/mol. The van der Waals surface area contributed by atoms with Gasteiger partial charge in [0.25, 0.3) is 0 Å². The number of hydrogen-bond acceptors (Lipinski definition) is 3. The van der Waals surface area contributed by atoms with E-state index in [0.29, 0.717) is 12.3 Å². The topological polar surface area (TPSA) is 37.4 Å². The number of thiol groups is 1. The molecule has 0 saturated heterocycles. The van der Waals surface area contributed by atoms with Crippen LogP contribution in [0.5, 0.6) is 0 Å². The van der Waals surface area contributed by atoms with Gasteiger partial charge in [0, 0.05) is 19.2 Å². The standard InChI is InChI=1S/C16H27NO2S/c1-3-4-5-6-7-8-9-10-11-12-16(19)17(13-14-20)15(2)18/h9,11,20H,3-8,12-14H2,1-2H3. The second kappa shape index (κ2) is 13.0. The van der Waals surface area contributed by atoms with Gasteiger partial charge >= 0.3 is 0 Å². The number of hydrogen-bond donors (Lipinski definition) is 1. The van der Waals surface area contributed by atoms with E-state index in [1.165, 1.54) is 43.9 Å². The molecule has 0 atom stereocenters.